The van der Waals surface area contributed by atoms with Crippen LogP contribution >= 0.6 is 0 Å². The van der Waals surface area contributed by atoms with E-state index in [0.29, 0.717) is 12.5 Å². The Morgan fingerprint density at radius 1 is 1.40 bits per heavy atom. The lowest BCUT2D eigenvalue weighted by atomic mass is 10.1. The van der Waals surface area contributed by atoms with Crippen LogP contribution < -0.4 is 10.1 Å². The Morgan fingerprint density at radius 3 is 2.95 bits per heavy atom. The van der Waals surface area contributed by atoms with Crippen molar-refractivity contribution in [3.63, 3.8) is 0 Å². The first-order chi connectivity index (χ1) is 9.53. The highest BCUT2D eigenvalue weighted by Gasteiger charge is 2.15. The van der Waals surface area contributed by atoms with Gasteiger partial charge < -0.3 is 14.8 Å². The number of rotatable bonds is 5. The quantitative estimate of drug-likeness (QED) is 0.899. The monoisotopic (exact) mass is 278 g/mol. The number of ether oxygens (including phenoxy) is 2. The van der Waals surface area contributed by atoms with Crippen molar-refractivity contribution in [2.24, 2.45) is 0 Å². The molecule has 0 amide bonds. The Hall–Kier alpha value is -1.13. The number of nitrogens with zero attached hydrogens (tertiary/aromatic N) is 1. The van der Waals surface area contributed by atoms with Crippen molar-refractivity contribution >= 4 is 0 Å². The molecule has 20 heavy (non-hydrogen) atoms. The van der Waals surface area contributed by atoms with Gasteiger partial charge in [-0.3, -0.25) is 0 Å². The summed E-state index contributed by atoms with van der Waals surface area (Å²) in [5.41, 5.74) is 1.30. The van der Waals surface area contributed by atoms with Crippen molar-refractivity contribution in [3.8, 4) is 5.88 Å². The molecule has 0 saturated carbocycles. The Labute approximate surface area is 121 Å². The number of hydrogen-bond acceptors (Lipinski definition) is 4. The summed E-state index contributed by atoms with van der Waals surface area (Å²) in [7, 11) is 0. The van der Waals surface area contributed by atoms with Crippen molar-refractivity contribution in [2.75, 3.05) is 13.2 Å². The van der Waals surface area contributed by atoms with Crippen molar-refractivity contribution in [2.45, 2.75) is 58.2 Å². The fraction of sp³-hybridized carbons (Fsp3) is 0.688. The molecule has 2 rings (SSSR count). The number of pyridine rings is 1. The minimum atomic E-state index is 0.111. The molecule has 0 bridgehead atoms. The van der Waals surface area contributed by atoms with Crippen LogP contribution in [0, 0.1) is 0 Å². The molecule has 1 aromatic rings. The first-order valence-electron chi connectivity index (χ1n) is 7.47. The predicted molar refractivity (Wildman–Crippen MR) is 79.9 cm³/mol. The lowest BCUT2D eigenvalue weighted by molar-refractivity contribution is -0.0119. The number of nitrogens with one attached hydrogen (secondary N) is 1. The van der Waals surface area contributed by atoms with Gasteiger partial charge >= 0.3 is 0 Å². The molecule has 1 atom stereocenters. The second-order valence-electron chi connectivity index (χ2n) is 6.41. The Morgan fingerprint density at radius 2 is 2.25 bits per heavy atom. The lowest BCUT2D eigenvalue weighted by Crippen LogP contribution is -2.35. The molecule has 1 aliphatic rings. The summed E-state index contributed by atoms with van der Waals surface area (Å²) >= 11 is 0. The summed E-state index contributed by atoms with van der Waals surface area (Å²) in [6.07, 6.45) is 5.52. The maximum atomic E-state index is 5.75. The maximum Gasteiger partial charge on any atom is 0.213 e. The fourth-order valence-corrected chi connectivity index (χ4v) is 2.12. The minimum absolute atomic E-state index is 0.111. The molecule has 1 fully saturated rings. The Balaban J connectivity index is 1.82. The minimum Gasteiger partial charge on any atom is -0.475 e. The van der Waals surface area contributed by atoms with E-state index < -0.39 is 0 Å². The lowest BCUT2D eigenvalue weighted by Gasteiger charge is -2.22. The van der Waals surface area contributed by atoms with Crippen molar-refractivity contribution in [1.82, 2.24) is 10.3 Å². The van der Waals surface area contributed by atoms with Crippen LogP contribution in [-0.4, -0.2) is 29.8 Å². The van der Waals surface area contributed by atoms with Gasteiger partial charge in [0, 0.05) is 31.0 Å². The van der Waals surface area contributed by atoms with E-state index in [1.807, 2.05) is 12.1 Å². The van der Waals surface area contributed by atoms with Crippen LogP contribution in [0.4, 0.5) is 0 Å². The van der Waals surface area contributed by atoms with Gasteiger partial charge in [-0.15, -0.1) is 0 Å². The third-order valence-electron chi connectivity index (χ3n) is 3.31. The van der Waals surface area contributed by atoms with E-state index in [9.17, 15) is 0 Å². The van der Waals surface area contributed by atoms with Gasteiger partial charge in [-0.2, -0.15) is 0 Å². The molecule has 2 heterocycles. The Bertz CT molecular complexity index is 409. The normalized spacial score (nSPS) is 19.9. The number of hydrogen-bond donors (Lipinski definition) is 1. The van der Waals surface area contributed by atoms with Gasteiger partial charge in [0.15, 0.2) is 0 Å². The van der Waals surface area contributed by atoms with Gasteiger partial charge in [-0.1, -0.05) is 0 Å². The van der Waals surface area contributed by atoms with Crippen LogP contribution in [-0.2, 0) is 11.3 Å². The second kappa shape index (κ2) is 7.04. The zero-order valence-corrected chi connectivity index (χ0v) is 12.8. The highest BCUT2D eigenvalue weighted by atomic mass is 16.5. The van der Waals surface area contributed by atoms with Crippen LogP contribution in [0.2, 0.25) is 0 Å². The highest BCUT2D eigenvalue weighted by Crippen LogP contribution is 2.15. The van der Waals surface area contributed by atoms with Gasteiger partial charge in [0.25, 0.3) is 0 Å². The third kappa shape index (κ3) is 5.47. The summed E-state index contributed by atoms with van der Waals surface area (Å²) in [5, 5.41) is 3.46. The van der Waals surface area contributed by atoms with E-state index in [4.69, 9.17) is 9.47 Å². The zero-order chi connectivity index (χ0) is 14.4. The topological polar surface area (TPSA) is 43.4 Å². The molecular formula is C16H26N2O2. The van der Waals surface area contributed by atoms with Crippen LogP contribution in [0.15, 0.2) is 18.3 Å². The molecule has 4 nitrogen and oxygen atoms in total. The van der Waals surface area contributed by atoms with Crippen LogP contribution in [0.3, 0.4) is 0 Å². The molecule has 0 radical (unpaired) electrons. The van der Waals surface area contributed by atoms with Crippen LogP contribution in [0.25, 0.3) is 0 Å². The van der Waals surface area contributed by atoms with E-state index in [1.165, 1.54) is 18.4 Å². The number of aromatic nitrogens is 1. The smallest absolute Gasteiger partial charge is 0.213 e. The molecule has 0 aromatic carbocycles. The molecule has 4 heteroatoms. The summed E-state index contributed by atoms with van der Waals surface area (Å²) in [5.74, 6) is 0.687. The van der Waals surface area contributed by atoms with Gasteiger partial charge in [0.1, 0.15) is 6.61 Å². The highest BCUT2D eigenvalue weighted by molar-refractivity contribution is 5.20. The van der Waals surface area contributed by atoms with E-state index in [1.54, 1.807) is 6.20 Å². The van der Waals surface area contributed by atoms with Crippen molar-refractivity contribution in [3.05, 3.63) is 23.9 Å². The van der Waals surface area contributed by atoms with Gasteiger partial charge in [-0.05, 0) is 51.7 Å². The average molecular weight is 278 g/mol. The van der Waals surface area contributed by atoms with Gasteiger partial charge in [-0.25, -0.2) is 4.98 Å². The van der Waals surface area contributed by atoms with Crippen molar-refractivity contribution < 1.29 is 9.47 Å². The first-order valence-corrected chi connectivity index (χ1v) is 7.47. The largest absolute Gasteiger partial charge is 0.475 e. The fourth-order valence-electron chi connectivity index (χ4n) is 2.12. The van der Waals surface area contributed by atoms with Crippen LogP contribution in [0.5, 0.6) is 5.88 Å². The predicted octanol–water partition coefficient (Wildman–Crippen LogP) is 2.92. The van der Waals surface area contributed by atoms with E-state index >= 15 is 0 Å². The second-order valence-corrected chi connectivity index (χ2v) is 6.41. The SMILES string of the molecule is CC(C)(C)NCc1ccnc(OCC2CCCCO2)c1. The molecule has 0 aliphatic carbocycles. The summed E-state index contributed by atoms with van der Waals surface area (Å²) in [6, 6.07) is 4.02. The standard InChI is InChI=1S/C16H26N2O2/c1-16(2,3)18-11-13-7-8-17-15(10-13)20-12-14-6-4-5-9-19-14/h7-8,10,14,18H,4-6,9,11-12H2,1-3H3. The summed E-state index contributed by atoms with van der Waals surface area (Å²) in [6.45, 7) is 8.76. The molecule has 1 unspecified atom stereocenters. The average Bonchev–Trinajstić information content (AvgIpc) is 2.44. The van der Waals surface area contributed by atoms with E-state index in [-0.39, 0.29) is 11.6 Å². The first kappa shape index (κ1) is 15.3. The summed E-state index contributed by atoms with van der Waals surface area (Å²) < 4.78 is 11.4. The molecular weight excluding hydrogens is 252 g/mol. The molecule has 1 N–H and O–H groups in total. The van der Waals surface area contributed by atoms with Crippen LogP contribution in [0.1, 0.15) is 45.6 Å². The molecule has 112 valence electrons. The van der Waals surface area contributed by atoms with E-state index in [2.05, 4.69) is 31.1 Å². The summed E-state index contributed by atoms with van der Waals surface area (Å²) in [4.78, 5) is 4.26. The maximum absolute atomic E-state index is 5.75. The molecule has 1 aromatic heterocycles. The Kier molecular flexibility index (Phi) is 5.38. The molecule has 1 aliphatic heterocycles. The van der Waals surface area contributed by atoms with E-state index in [0.717, 1.165) is 19.6 Å². The molecule has 0 spiro atoms. The molecule has 1 saturated heterocycles. The van der Waals surface area contributed by atoms with Gasteiger partial charge in [0.2, 0.25) is 5.88 Å². The third-order valence-corrected chi connectivity index (χ3v) is 3.31. The zero-order valence-electron chi connectivity index (χ0n) is 12.8. The van der Waals surface area contributed by atoms with Crippen molar-refractivity contribution in [1.29, 1.82) is 0 Å². The van der Waals surface area contributed by atoms with Gasteiger partial charge in [0.05, 0.1) is 6.10 Å².